The molecule has 1 aliphatic heterocycles. The van der Waals surface area contributed by atoms with Crippen LogP contribution in [0.3, 0.4) is 0 Å². The van der Waals surface area contributed by atoms with Crippen LogP contribution in [0.1, 0.15) is 23.3 Å². The standard InChI is InChI=1S/C21H20FN5O2/c22-16-3-5-17(6-4-16)24-20(28)15-2-1-11-27(13-15)21(29)19-12-18(25-26-19)14-7-9-23-10-8-14/h3-10,12,15H,1-2,11,13H2,(H,24,28)(H,25,26). The summed E-state index contributed by atoms with van der Waals surface area (Å²) in [5, 5.41) is 9.80. The highest BCUT2D eigenvalue weighted by Gasteiger charge is 2.29. The Balaban J connectivity index is 1.41. The van der Waals surface area contributed by atoms with Gasteiger partial charge in [-0.2, -0.15) is 5.10 Å². The van der Waals surface area contributed by atoms with E-state index >= 15 is 0 Å². The minimum atomic E-state index is -0.358. The molecular weight excluding hydrogens is 373 g/mol. The van der Waals surface area contributed by atoms with Crippen molar-refractivity contribution in [2.24, 2.45) is 5.92 Å². The Hall–Kier alpha value is -3.55. The summed E-state index contributed by atoms with van der Waals surface area (Å²) in [5.74, 6) is -1.03. The molecule has 3 heterocycles. The summed E-state index contributed by atoms with van der Waals surface area (Å²) in [5.41, 5.74) is 2.45. The number of carbonyl (C=O) groups is 2. The number of halogens is 1. The molecule has 1 aliphatic rings. The van der Waals surface area contributed by atoms with Gasteiger partial charge in [0, 0.05) is 36.7 Å². The van der Waals surface area contributed by atoms with Gasteiger partial charge >= 0.3 is 0 Å². The van der Waals surface area contributed by atoms with Crippen molar-refractivity contribution in [2.45, 2.75) is 12.8 Å². The van der Waals surface area contributed by atoms with Crippen LogP contribution in [0.2, 0.25) is 0 Å². The largest absolute Gasteiger partial charge is 0.337 e. The highest BCUT2D eigenvalue weighted by molar-refractivity contribution is 5.95. The lowest BCUT2D eigenvalue weighted by Crippen LogP contribution is -2.43. The lowest BCUT2D eigenvalue weighted by atomic mass is 9.96. The third-order valence-corrected chi connectivity index (χ3v) is 4.98. The van der Waals surface area contributed by atoms with Crippen LogP contribution in [-0.4, -0.2) is 45.0 Å². The molecule has 0 aliphatic carbocycles. The number of amides is 2. The van der Waals surface area contributed by atoms with E-state index in [1.165, 1.54) is 24.3 Å². The number of benzene rings is 1. The van der Waals surface area contributed by atoms with E-state index in [1.54, 1.807) is 23.4 Å². The zero-order valence-electron chi connectivity index (χ0n) is 15.6. The van der Waals surface area contributed by atoms with Crippen molar-refractivity contribution in [2.75, 3.05) is 18.4 Å². The quantitative estimate of drug-likeness (QED) is 0.713. The Morgan fingerprint density at radius 3 is 2.66 bits per heavy atom. The fourth-order valence-corrected chi connectivity index (χ4v) is 3.43. The Morgan fingerprint density at radius 2 is 1.90 bits per heavy atom. The molecule has 7 nitrogen and oxygen atoms in total. The molecule has 148 valence electrons. The minimum absolute atomic E-state index is 0.170. The van der Waals surface area contributed by atoms with E-state index < -0.39 is 0 Å². The smallest absolute Gasteiger partial charge is 0.271 e. The average Bonchev–Trinajstić information content (AvgIpc) is 3.26. The lowest BCUT2D eigenvalue weighted by Gasteiger charge is -2.31. The van der Waals surface area contributed by atoms with Gasteiger partial charge in [0.05, 0.1) is 11.6 Å². The summed E-state index contributed by atoms with van der Waals surface area (Å²) >= 11 is 0. The number of likely N-dealkylation sites (tertiary alicyclic amines) is 1. The first-order valence-corrected chi connectivity index (χ1v) is 9.41. The third kappa shape index (κ3) is 4.31. The molecule has 2 aromatic heterocycles. The first-order valence-electron chi connectivity index (χ1n) is 9.41. The van der Waals surface area contributed by atoms with E-state index in [2.05, 4.69) is 20.5 Å². The monoisotopic (exact) mass is 393 g/mol. The molecule has 1 fully saturated rings. The van der Waals surface area contributed by atoms with Crippen LogP contribution in [0.4, 0.5) is 10.1 Å². The Labute approximate surface area is 167 Å². The number of aromatic amines is 1. The number of nitrogens with one attached hydrogen (secondary N) is 2. The topological polar surface area (TPSA) is 91.0 Å². The number of H-pyrrole nitrogens is 1. The summed E-state index contributed by atoms with van der Waals surface area (Å²) in [4.78, 5) is 31.1. The molecule has 4 rings (SSSR count). The van der Waals surface area contributed by atoms with Crippen molar-refractivity contribution in [3.8, 4) is 11.3 Å². The van der Waals surface area contributed by atoms with E-state index in [-0.39, 0.29) is 23.5 Å². The van der Waals surface area contributed by atoms with Gasteiger partial charge in [-0.05, 0) is 55.3 Å². The van der Waals surface area contributed by atoms with Gasteiger partial charge < -0.3 is 10.2 Å². The number of piperidine rings is 1. The maximum absolute atomic E-state index is 13.0. The normalized spacial score (nSPS) is 16.4. The van der Waals surface area contributed by atoms with Crippen molar-refractivity contribution in [1.82, 2.24) is 20.1 Å². The second kappa shape index (κ2) is 8.22. The molecule has 1 atom stereocenters. The second-order valence-corrected chi connectivity index (χ2v) is 6.99. The Kier molecular flexibility index (Phi) is 5.33. The molecular formula is C21H20FN5O2. The van der Waals surface area contributed by atoms with Crippen LogP contribution in [0.15, 0.2) is 54.9 Å². The van der Waals surface area contributed by atoms with E-state index in [1.807, 2.05) is 12.1 Å². The van der Waals surface area contributed by atoms with Crippen molar-refractivity contribution in [3.63, 3.8) is 0 Å². The fraction of sp³-hybridized carbons (Fsp3) is 0.238. The highest BCUT2D eigenvalue weighted by atomic mass is 19.1. The number of pyridine rings is 1. The van der Waals surface area contributed by atoms with Crippen molar-refractivity contribution >= 4 is 17.5 Å². The molecule has 3 aromatic rings. The van der Waals surface area contributed by atoms with Gasteiger partial charge in [-0.15, -0.1) is 0 Å². The summed E-state index contributed by atoms with van der Waals surface area (Å²) in [6.07, 6.45) is 4.77. The first kappa shape index (κ1) is 18.8. The van der Waals surface area contributed by atoms with E-state index in [9.17, 15) is 14.0 Å². The minimum Gasteiger partial charge on any atom is -0.337 e. The molecule has 0 spiro atoms. The molecule has 1 saturated heterocycles. The summed E-state index contributed by atoms with van der Waals surface area (Å²) < 4.78 is 13.0. The summed E-state index contributed by atoms with van der Waals surface area (Å²) in [6.45, 7) is 0.915. The zero-order chi connectivity index (χ0) is 20.2. The number of anilines is 1. The van der Waals surface area contributed by atoms with Crippen LogP contribution < -0.4 is 5.32 Å². The Bertz CT molecular complexity index is 1000. The van der Waals surface area contributed by atoms with Crippen molar-refractivity contribution in [3.05, 3.63) is 66.4 Å². The zero-order valence-corrected chi connectivity index (χ0v) is 15.6. The van der Waals surface area contributed by atoms with Crippen molar-refractivity contribution in [1.29, 1.82) is 0 Å². The Morgan fingerprint density at radius 1 is 1.14 bits per heavy atom. The molecule has 2 N–H and O–H groups in total. The first-order chi connectivity index (χ1) is 14.1. The van der Waals surface area contributed by atoms with Crippen LogP contribution in [0, 0.1) is 11.7 Å². The second-order valence-electron chi connectivity index (χ2n) is 6.99. The lowest BCUT2D eigenvalue weighted by molar-refractivity contribution is -0.121. The molecule has 29 heavy (non-hydrogen) atoms. The number of nitrogens with zero attached hydrogens (tertiary/aromatic N) is 3. The van der Waals surface area contributed by atoms with Gasteiger partial charge in [0.2, 0.25) is 5.91 Å². The third-order valence-electron chi connectivity index (χ3n) is 4.98. The molecule has 0 saturated carbocycles. The van der Waals surface area contributed by atoms with E-state index in [4.69, 9.17) is 0 Å². The van der Waals surface area contributed by atoms with E-state index in [0.29, 0.717) is 36.6 Å². The van der Waals surface area contributed by atoms with Crippen LogP contribution in [-0.2, 0) is 4.79 Å². The van der Waals surface area contributed by atoms with Gasteiger partial charge in [-0.25, -0.2) is 4.39 Å². The van der Waals surface area contributed by atoms with Crippen molar-refractivity contribution < 1.29 is 14.0 Å². The number of aromatic nitrogens is 3. The van der Waals surface area contributed by atoms with Crippen LogP contribution in [0.5, 0.6) is 0 Å². The number of carbonyl (C=O) groups excluding carboxylic acids is 2. The highest BCUT2D eigenvalue weighted by Crippen LogP contribution is 2.22. The average molecular weight is 393 g/mol. The number of hydrogen-bond acceptors (Lipinski definition) is 4. The maximum atomic E-state index is 13.0. The summed E-state index contributed by atoms with van der Waals surface area (Å²) in [6, 6.07) is 11.0. The SMILES string of the molecule is O=C(Nc1ccc(F)cc1)C1CCCN(C(=O)c2cc(-c3ccncc3)n[nH]2)C1. The molecule has 1 aromatic carbocycles. The van der Waals surface area contributed by atoms with E-state index in [0.717, 1.165) is 12.0 Å². The predicted octanol–water partition coefficient (Wildman–Crippen LogP) is 3.10. The molecule has 8 heteroatoms. The van der Waals surface area contributed by atoms with Gasteiger partial charge in [-0.1, -0.05) is 0 Å². The van der Waals surface area contributed by atoms with Crippen LogP contribution in [0.25, 0.3) is 11.3 Å². The number of rotatable bonds is 4. The van der Waals surface area contributed by atoms with Gasteiger partial charge in [0.1, 0.15) is 11.5 Å². The molecule has 0 bridgehead atoms. The summed E-state index contributed by atoms with van der Waals surface area (Å²) in [7, 11) is 0. The van der Waals surface area contributed by atoms with Crippen LogP contribution >= 0.6 is 0 Å². The van der Waals surface area contributed by atoms with Gasteiger partial charge in [0.25, 0.3) is 5.91 Å². The number of hydrogen-bond donors (Lipinski definition) is 2. The van der Waals surface area contributed by atoms with Gasteiger partial charge in [0.15, 0.2) is 0 Å². The molecule has 2 amide bonds. The van der Waals surface area contributed by atoms with Gasteiger partial charge in [-0.3, -0.25) is 19.7 Å². The maximum Gasteiger partial charge on any atom is 0.271 e. The fourth-order valence-electron chi connectivity index (χ4n) is 3.43. The molecule has 1 unspecified atom stereocenters. The molecule has 0 radical (unpaired) electrons. The predicted molar refractivity (Wildman–Crippen MR) is 105 cm³/mol.